The normalized spacial score (nSPS) is 3.95. The Morgan fingerprint density at radius 3 is 0.165 bits per heavy atom. The highest BCUT2D eigenvalue weighted by Crippen LogP contribution is 1.68. The molecule has 0 N–H and O–H groups in total. The van der Waals surface area contributed by atoms with Gasteiger partial charge < -0.3 is 6.42 Å². The third-order valence-electron chi connectivity index (χ3n) is 6.65. The van der Waals surface area contributed by atoms with Crippen LogP contribution in [0.1, 0.15) is 0 Å². The summed E-state index contributed by atoms with van der Waals surface area (Å²) >= 11 is 0. The van der Waals surface area contributed by atoms with Crippen molar-refractivity contribution < 1.29 is 0 Å². The first kappa shape index (κ1) is 85.1. The average molecular weight is 1310 g/mol. The van der Waals surface area contributed by atoms with Crippen LogP contribution < -0.4 is 0 Å². The quantitative estimate of drug-likeness (QED) is 0.247. The molecule has 0 radical (unpaired) electrons. The minimum absolute atomic E-state index is 1.87. The van der Waals surface area contributed by atoms with Crippen molar-refractivity contribution >= 4 is 0 Å². The second kappa shape index (κ2) is 84.1. The molecule has 0 aliphatic carbocycles. The maximum atomic E-state index is 6.59. The van der Waals surface area contributed by atoms with Crippen LogP contribution in [0.15, 0.2) is 0 Å². The van der Waals surface area contributed by atoms with Crippen molar-refractivity contribution in [2.45, 2.75) is 0 Å². The number of hydrogen-bond acceptors (Lipinski definition) is 0. The highest BCUT2D eigenvalue weighted by molar-refractivity contribution is 5.57. The highest BCUT2D eigenvalue weighted by atomic mass is 13.7. The summed E-state index contributed by atoms with van der Waals surface area (Å²) in [6.45, 7) is 3.32. The Hall–Kier alpha value is -23.9. The maximum absolute atomic E-state index is 6.59. The van der Waals surface area contributed by atoms with Gasteiger partial charge in [-0.25, -0.2) is 11.8 Å². The predicted molar refractivity (Wildman–Crippen MR) is 425 cm³/mol. The van der Waals surface area contributed by atoms with E-state index < -0.39 is 0 Å². The molecule has 440 valence electrons. The van der Waals surface area contributed by atoms with Crippen molar-refractivity contribution in [3.8, 4) is 633 Å². The van der Waals surface area contributed by atoms with Crippen LogP contribution in [-0.2, 0) is 0 Å². The Balaban J connectivity index is 4.64. The van der Waals surface area contributed by atoms with E-state index in [1.165, 1.54) is 0 Å². The van der Waals surface area contributed by atoms with Crippen molar-refractivity contribution in [1.82, 2.24) is 0 Å². The van der Waals surface area contributed by atoms with Crippen molar-refractivity contribution in [2.24, 2.45) is 0 Å². The van der Waals surface area contributed by atoms with Gasteiger partial charge in [-0.1, -0.05) is 0 Å². The second-order valence-electron chi connectivity index (χ2n) is 13.4. The van der Waals surface area contributed by atoms with Gasteiger partial charge in [-0.3, -0.25) is 11.8 Å². The fourth-order valence-electron chi connectivity index (χ4n) is 3.29. The van der Waals surface area contributed by atoms with Gasteiger partial charge in [0.05, 0.1) is 0 Å². The predicted octanol–water partition coefficient (Wildman–Crippen LogP) is 0.590. The molecule has 0 bridgehead atoms. The summed E-state index contributed by atoms with van der Waals surface area (Å²) in [6.07, 6.45) is 6.59. The van der Waals surface area contributed by atoms with E-state index in [1.807, 2.05) is 5.92 Å². The van der Waals surface area contributed by atoms with E-state index in [1.54, 1.807) is 0 Å². The monoisotopic (exact) mass is 1310 g/mol. The third kappa shape index (κ3) is 84.1. The molecule has 0 atom stereocenters. The zero-order valence-corrected chi connectivity index (χ0v) is 54.7. The van der Waals surface area contributed by atoms with Crippen molar-refractivity contribution in [2.75, 3.05) is 0 Å². The molecular weight excluding hydrogens is 1310 g/mol. The van der Waals surface area contributed by atoms with Gasteiger partial charge in [0, 0.05) is 503 Å². The summed E-state index contributed by atoms with van der Waals surface area (Å²) in [5.74, 6) is 266. The fraction of sp³-hybridized carbons (Fsp3) is 0. The van der Waals surface area contributed by atoms with Gasteiger partial charge in [0.1, 0.15) is 0 Å². The lowest BCUT2D eigenvalue weighted by Gasteiger charge is -1.64. The summed E-state index contributed by atoms with van der Waals surface area (Å²) < 4.78 is 0. The van der Waals surface area contributed by atoms with E-state index in [2.05, 4.69) is 634 Å². The first-order chi connectivity index (χ1) is 54.4. The third-order valence-corrected chi connectivity index (χ3v) is 6.65. The molecule has 0 spiro atoms. The average Bonchev–Trinajstić information content (AvgIpc) is 3.88. The molecule has 0 aliphatic heterocycles. The highest BCUT2D eigenvalue weighted by Gasteiger charge is 1.68. The van der Waals surface area contributed by atoms with Crippen LogP contribution >= 0.6 is 0 Å². The second-order valence-corrected chi connectivity index (χ2v) is 13.4. The van der Waals surface area contributed by atoms with Gasteiger partial charge in [-0.05, 0) is 94.7 Å². The Labute approximate surface area is 642 Å². The smallest absolute Gasteiger partial charge is 0 e. The molecule has 0 fully saturated rings. The zero-order valence-electron chi connectivity index (χ0n) is 54.7. The van der Waals surface area contributed by atoms with Crippen LogP contribution in [0.25, 0.3) is 0 Å². The van der Waals surface area contributed by atoms with Crippen LogP contribution in [0.3, 0.4) is 0 Å². The van der Waals surface area contributed by atoms with Gasteiger partial charge in [-0.15, -0.1) is 11.8 Å². The van der Waals surface area contributed by atoms with Gasteiger partial charge in [0.15, 0.2) is 0 Å². The molecule has 0 rings (SSSR count). The van der Waals surface area contributed by atoms with Crippen LogP contribution in [0, 0.1) is 647 Å². The van der Waals surface area contributed by atoms with E-state index in [4.69, 9.17) is 6.42 Å². The molecule has 0 aromatic heterocycles. The van der Waals surface area contributed by atoms with Crippen LogP contribution in [0.2, 0.25) is 0 Å². The van der Waals surface area contributed by atoms with E-state index >= 15 is 0 Å². The Kier molecular flexibility index (Phi) is 65.7. The molecule has 0 aromatic rings. The maximum Gasteiger partial charge on any atom is 0 e. The van der Waals surface area contributed by atoms with Crippen LogP contribution in [0.5, 0.6) is 0 Å². The van der Waals surface area contributed by atoms with E-state index in [9.17, 15) is 0 Å². The van der Waals surface area contributed by atoms with Gasteiger partial charge in [-0.2, -0.15) is 6.92 Å². The molecule has 0 heteroatoms. The van der Waals surface area contributed by atoms with Crippen LogP contribution in [-0.4, -0.2) is 0 Å². The molecule has 0 unspecified atom stereocenters. The SMILES string of the molecule is [C-]#CC#CC#CC#CC#CC#CC#CC#CC#CC#CC#CC#CC#CC#CC#CC#CC#CC#CC#CC#CC#CC#CC#CC#CC#CC#CC#CC#CC#CC#CC#CC#CC#CC#CC#CC#CC#CC#CC#CC#CC#CC#CC#CC#CC#CC#CC#CC#CC#CC#CC#CC#CC#CC#C[CH2-]. The molecule has 0 aliphatic rings. The molecule has 0 heterocycles. The zero-order chi connectivity index (χ0) is 77.7. The minimum Gasteiger partial charge on any atom is -0.358 e. The Morgan fingerprint density at radius 1 is 0.0734 bits per heavy atom. The summed E-state index contributed by atoms with van der Waals surface area (Å²) in [5.41, 5.74) is 0. The molecule has 0 saturated carbocycles. The lowest BCUT2D eigenvalue weighted by molar-refractivity contribution is 2.31. The molecule has 109 heavy (non-hydrogen) atoms. The van der Waals surface area contributed by atoms with Crippen LogP contribution in [0.4, 0.5) is 0 Å². The number of rotatable bonds is 0. The van der Waals surface area contributed by atoms with Gasteiger partial charge in [0.2, 0.25) is 0 Å². The Bertz CT molecular complexity index is 7730. The van der Waals surface area contributed by atoms with E-state index in [0.29, 0.717) is 0 Å². The lowest BCUT2D eigenvalue weighted by Crippen LogP contribution is -1.57. The summed E-state index contributed by atoms with van der Waals surface area (Å²) in [5, 5.41) is 0. The fourth-order valence-corrected chi connectivity index (χ4v) is 3.29. The lowest BCUT2D eigenvalue weighted by atomic mass is 10.4. The van der Waals surface area contributed by atoms with Crippen molar-refractivity contribution in [3.05, 3.63) is 13.3 Å². The molecule has 0 aromatic carbocycles. The first-order valence-electron chi connectivity index (χ1n) is 27.1. The molecule has 0 saturated heterocycles. The van der Waals surface area contributed by atoms with E-state index in [-0.39, 0.29) is 0 Å². The summed E-state index contributed by atoms with van der Waals surface area (Å²) in [4.78, 5) is 0. The van der Waals surface area contributed by atoms with Gasteiger partial charge in [0.25, 0.3) is 0 Å². The first-order valence-corrected chi connectivity index (χ1v) is 27.1. The summed E-state index contributed by atoms with van der Waals surface area (Å²) in [7, 11) is 0. The van der Waals surface area contributed by atoms with Crippen molar-refractivity contribution in [3.63, 3.8) is 0 Å². The Morgan fingerprint density at radius 2 is 0.119 bits per heavy atom. The molecule has 0 amide bonds. The largest absolute Gasteiger partial charge is 0.358 e. The van der Waals surface area contributed by atoms with Crippen molar-refractivity contribution in [1.29, 1.82) is 0 Å². The molecule has 0 nitrogen and oxygen atoms in total. The topological polar surface area (TPSA) is 0 Å². The number of hydrogen-bond donors (Lipinski definition) is 0. The standard InChI is InChI=1S/C109H2/c1-3-5-7-9-11-13-15-17-19-21-23-25-27-29-31-33-35-37-39-41-43-45-47-49-51-53-55-57-59-61-63-65-67-69-71-73-75-77-79-81-83-85-87-89-91-93-95-97-99-101-103-105-107-109-108-106-104-102-100-98-96-94-92-90-88-86-84-82-80-78-76-74-72-70-68-66-64-62-60-58-56-54-52-50-48-46-44-42-40-38-36-34-32-30-28-26-24-22-20-18-16-14-12-10-8-6-4-2/h1H2/q-2. The molecular formula is C109H2-2. The van der Waals surface area contributed by atoms with E-state index in [0.717, 1.165) is 0 Å². The minimum atomic E-state index is 1.87. The summed E-state index contributed by atoms with van der Waals surface area (Å²) in [6, 6.07) is 0. The van der Waals surface area contributed by atoms with Gasteiger partial charge >= 0.3 is 0 Å².